The van der Waals surface area contributed by atoms with E-state index in [2.05, 4.69) is 25.2 Å². The second-order valence-electron chi connectivity index (χ2n) is 8.40. The normalized spacial score (nSPS) is 15.2. The summed E-state index contributed by atoms with van der Waals surface area (Å²) in [4.78, 5) is 5.98. The Morgan fingerprint density at radius 3 is 2.58 bits per heavy atom. The molecule has 0 unspecified atom stereocenters. The van der Waals surface area contributed by atoms with Crippen LogP contribution in [-0.4, -0.2) is 64.1 Å². The third-order valence-corrected chi connectivity index (χ3v) is 7.71. The summed E-state index contributed by atoms with van der Waals surface area (Å²) in [6.07, 6.45) is 4.49. The number of anilines is 1. The summed E-state index contributed by atoms with van der Waals surface area (Å²) in [6, 6.07) is 12.7. The minimum Gasteiger partial charge on any atom is -0.385 e. The van der Waals surface area contributed by atoms with Crippen LogP contribution >= 0.6 is 11.6 Å². The Kier molecular flexibility index (Phi) is 8.27. The fraction of sp³-hybridized carbons (Fsp3) is 0.417. The summed E-state index contributed by atoms with van der Waals surface area (Å²) in [7, 11) is -3.53. The number of fused-ring (bicyclic) bond motifs is 1. The summed E-state index contributed by atoms with van der Waals surface area (Å²) in [5, 5.41) is 8.52. The number of hydrogen-bond acceptors (Lipinski definition) is 5. The van der Waals surface area contributed by atoms with E-state index in [9.17, 15) is 8.42 Å². The van der Waals surface area contributed by atoms with Crippen LogP contribution in [0.5, 0.6) is 0 Å². The molecule has 1 aromatic heterocycles. The third-order valence-electron chi connectivity index (χ3n) is 6.00. The van der Waals surface area contributed by atoms with Crippen LogP contribution < -0.4 is 15.4 Å². The van der Waals surface area contributed by atoms with Gasteiger partial charge in [-0.1, -0.05) is 11.6 Å². The maximum Gasteiger partial charge on any atom is 0.240 e. The van der Waals surface area contributed by atoms with Crippen LogP contribution in [0.1, 0.15) is 18.4 Å². The zero-order valence-corrected chi connectivity index (χ0v) is 20.3. The van der Waals surface area contributed by atoms with Crippen molar-refractivity contribution in [3.63, 3.8) is 0 Å². The molecule has 1 aliphatic rings. The predicted octanol–water partition coefficient (Wildman–Crippen LogP) is 3.44. The first kappa shape index (κ1) is 24.0. The molecule has 33 heavy (non-hydrogen) atoms. The van der Waals surface area contributed by atoms with E-state index < -0.39 is 10.0 Å². The number of nitrogens with one attached hydrogen (secondary N) is 4. The SMILES string of the molecule is O=S(=O)(NCCCc1c[nH]c2ccc(Cl)cc12)c1ccc(NCCCN2CCNCC2)cc1. The lowest BCUT2D eigenvalue weighted by Gasteiger charge is -2.27. The minimum atomic E-state index is -3.53. The van der Waals surface area contributed by atoms with Crippen molar-refractivity contribution in [1.29, 1.82) is 0 Å². The van der Waals surface area contributed by atoms with Gasteiger partial charge in [-0.15, -0.1) is 0 Å². The first-order valence-corrected chi connectivity index (χ1v) is 13.4. The molecule has 1 saturated heterocycles. The van der Waals surface area contributed by atoms with Crippen LogP contribution in [-0.2, 0) is 16.4 Å². The monoisotopic (exact) mass is 489 g/mol. The van der Waals surface area contributed by atoms with Gasteiger partial charge >= 0.3 is 0 Å². The number of hydrogen-bond donors (Lipinski definition) is 4. The Balaban J connectivity index is 1.20. The van der Waals surface area contributed by atoms with E-state index in [0.717, 1.165) is 74.3 Å². The molecule has 9 heteroatoms. The number of aryl methyl sites for hydroxylation is 1. The molecule has 0 amide bonds. The highest BCUT2D eigenvalue weighted by molar-refractivity contribution is 7.89. The quantitative estimate of drug-likeness (QED) is 0.310. The number of rotatable bonds is 11. The standard InChI is InChI=1S/C24H32ClN5O2S/c25-20-4-9-24-23(17-20)19(18-28-24)3-1-11-29-33(31,32)22-7-5-21(6-8-22)27-10-2-14-30-15-12-26-13-16-30/h4-9,17-18,26-29H,1-3,10-16H2. The molecule has 2 heterocycles. The van der Waals surface area contributed by atoms with Gasteiger partial charge in [0.05, 0.1) is 4.90 Å². The maximum atomic E-state index is 12.6. The number of benzene rings is 2. The van der Waals surface area contributed by atoms with Crippen molar-refractivity contribution in [2.75, 3.05) is 51.1 Å². The molecule has 0 spiro atoms. The van der Waals surface area contributed by atoms with Crippen molar-refractivity contribution in [3.05, 3.63) is 59.2 Å². The second-order valence-corrected chi connectivity index (χ2v) is 10.6. The molecule has 0 aliphatic carbocycles. The number of piperazine rings is 1. The first-order valence-electron chi connectivity index (χ1n) is 11.5. The number of nitrogens with zero attached hydrogens (tertiary/aromatic N) is 1. The highest BCUT2D eigenvalue weighted by Crippen LogP contribution is 2.23. The van der Waals surface area contributed by atoms with Crippen molar-refractivity contribution in [3.8, 4) is 0 Å². The molecular formula is C24H32ClN5O2S. The molecule has 0 radical (unpaired) electrons. The van der Waals surface area contributed by atoms with Gasteiger partial charge in [0.25, 0.3) is 0 Å². The van der Waals surface area contributed by atoms with E-state index >= 15 is 0 Å². The largest absolute Gasteiger partial charge is 0.385 e. The fourth-order valence-corrected chi connectivity index (χ4v) is 5.39. The van der Waals surface area contributed by atoms with E-state index in [4.69, 9.17) is 11.6 Å². The molecule has 3 aromatic rings. The third kappa shape index (κ3) is 6.71. The number of H-pyrrole nitrogens is 1. The van der Waals surface area contributed by atoms with Gasteiger partial charge in [-0.25, -0.2) is 13.1 Å². The van der Waals surface area contributed by atoms with E-state index in [1.165, 1.54) is 0 Å². The molecule has 0 saturated carbocycles. The molecule has 4 rings (SSSR count). The summed E-state index contributed by atoms with van der Waals surface area (Å²) >= 11 is 6.10. The van der Waals surface area contributed by atoms with Crippen LogP contribution in [0.4, 0.5) is 5.69 Å². The van der Waals surface area contributed by atoms with Crippen LogP contribution in [0.3, 0.4) is 0 Å². The molecule has 7 nitrogen and oxygen atoms in total. The first-order chi connectivity index (χ1) is 16.0. The molecule has 178 valence electrons. The smallest absolute Gasteiger partial charge is 0.240 e. The van der Waals surface area contributed by atoms with Crippen molar-refractivity contribution >= 4 is 38.2 Å². The Bertz CT molecular complexity index is 1140. The zero-order valence-electron chi connectivity index (χ0n) is 18.7. The van der Waals surface area contributed by atoms with Crippen LogP contribution in [0.15, 0.2) is 53.6 Å². The predicted molar refractivity (Wildman–Crippen MR) is 136 cm³/mol. The van der Waals surface area contributed by atoms with E-state index in [1.54, 1.807) is 12.1 Å². The molecule has 0 atom stereocenters. The zero-order chi connectivity index (χ0) is 23.1. The van der Waals surface area contributed by atoms with Crippen molar-refractivity contribution in [2.45, 2.75) is 24.2 Å². The Morgan fingerprint density at radius 1 is 1.00 bits per heavy atom. The van der Waals surface area contributed by atoms with Gasteiger partial charge in [0.15, 0.2) is 0 Å². The average Bonchev–Trinajstić information content (AvgIpc) is 3.22. The van der Waals surface area contributed by atoms with Crippen molar-refractivity contribution < 1.29 is 8.42 Å². The number of aromatic nitrogens is 1. The highest BCUT2D eigenvalue weighted by atomic mass is 35.5. The molecule has 1 aliphatic heterocycles. The van der Waals surface area contributed by atoms with Gasteiger partial charge < -0.3 is 20.5 Å². The summed E-state index contributed by atoms with van der Waals surface area (Å²) in [5.74, 6) is 0. The average molecular weight is 490 g/mol. The summed E-state index contributed by atoms with van der Waals surface area (Å²) < 4.78 is 28.0. The lowest BCUT2D eigenvalue weighted by Crippen LogP contribution is -2.44. The number of halogens is 1. The van der Waals surface area contributed by atoms with Crippen molar-refractivity contribution in [1.82, 2.24) is 19.9 Å². The fourth-order valence-electron chi connectivity index (χ4n) is 4.15. The van der Waals surface area contributed by atoms with E-state index in [-0.39, 0.29) is 4.90 Å². The topological polar surface area (TPSA) is 89.3 Å². The maximum absolute atomic E-state index is 12.6. The molecule has 2 aromatic carbocycles. The number of aromatic amines is 1. The summed E-state index contributed by atoms with van der Waals surface area (Å²) in [6.45, 7) is 6.67. The van der Waals surface area contributed by atoms with E-state index in [1.807, 2.05) is 36.5 Å². The van der Waals surface area contributed by atoms with Gasteiger partial charge in [0, 0.05) is 67.1 Å². The van der Waals surface area contributed by atoms with Gasteiger partial charge in [0.2, 0.25) is 10.0 Å². The lowest BCUT2D eigenvalue weighted by molar-refractivity contribution is 0.240. The molecule has 1 fully saturated rings. The Labute approximate surface area is 200 Å². The second kappa shape index (κ2) is 11.4. The molecule has 0 bridgehead atoms. The van der Waals surface area contributed by atoms with Gasteiger partial charge in [0.1, 0.15) is 0 Å². The Hall–Kier alpha value is -2.10. The lowest BCUT2D eigenvalue weighted by atomic mass is 10.1. The van der Waals surface area contributed by atoms with Crippen LogP contribution in [0.25, 0.3) is 10.9 Å². The van der Waals surface area contributed by atoms with Crippen LogP contribution in [0.2, 0.25) is 5.02 Å². The number of sulfonamides is 1. The van der Waals surface area contributed by atoms with Crippen LogP contribution in [0, 0.1) is 0 Å². The highest BCUT2D eigenvalue weighted by Gasteiger charge is 2.14. The van der Waals surface area contributed by atoms with Crippen molar-refractivity contribution in [2.24, 2.45) is 0 Å². The minimum absolute atomic E-state index is 0.285. The molecular weight excluding hydrogens is 458 g/mol. The van der Waals surface area contributed by atoms with Gasteiger partial charge in [-0.2, -0.15) is 0 Å². The molecule has 4 N–H and O–H groups in total. The van der Waals surface area contributed by atoms with E-state index in [0.29, 0.717) is 18.0 Å². The Morgan fingerprint density at radius 2 is 1.79 bits per heavy atom. The summed E-state index contributed by atoms with van der Waals surface area (Å²) in [5.41, 5.74) is 3.11. The van der Waals surface area contributed by atoms with Gasteiger partial charge in [-0.3, -0.25) is 0 Å². The van der Waals surface area contributed by atoms with Gasteiger partial charge in [-0.05, 0) is 73.8 Å².